The topological polar surface area (TPSA) is 133 Å². The van der Waals surface area contributed by atoms with Crippen molar-refractivity contribution in [2.24, 2.45) is 0 Å². The van der Waals surface area contributed by atoms with Crippen molar-refractivity contribution < 1.29 is 19.0 Å². The first kappa shape index (κ1) is 25.4. The molecule has 1 amide bonds. The van der Waals surface area contributed by atoms with Crippen molar-refractivity contribution in [2.45, 2.75) is 6.42 Å². The number of rotatable bonds is 8. The van der Waals surface area contributed by atoms with Crippen LogP contribution >= 0.6 is 0 Å². The lowest BCUT2D eigenvalue weighted by atomic mass is 10.1. The first-order valence-electron chi connectivity index (χ1n) is 12.9. The van der Waals surface area contributed by atoms with Crippen LogP contribution in [-0.2, 0) is 4.74 Å². The summed E-state index contributed by atoms with van der Waals surface area (Å²) in [5, 5.41) is 15.9. The third kappa shape index (κ3) is 4.82. The molecular weight excluding hydrogens is 514 g/mol. The predicted molar refractivity (Wildman–Crippen MR) is 150 cm³/mol. The van der Waals surface area contributed by atoms with Crippen LogP contribution < -0.4 is 20.1 Å². The number of benzene rings is 1. The third-order valence-corrected chi connectivity index (χ3v) is 6.51. The number of aromatic nitrogens is 6. The molecule has 6 rings (SSSR count). The van der Waals surface area contributed by atoms with E-state index in [1.165, 1.54) is 0 Å². The van der Waals surface area contributed by atoms with Gasteiger partial charge in [-0.2, -0.15) is 5.10 Å². The number of fused-ring (bicyclic) bond motifs is 3. The average Bonchev–Trinajstić information content (AvgIpc) is 3.56. The van der Waals surface area contributed by atoms with Crippen molar-refractivity contribution in [1.82, 2.24) is 34.3 Å². The Labute approximate surface area is 229 Å². The molecule has 1 aromatic carbocycles. The van der Waals surface area contributed by atoms with Gasteiger partial charge in [0, 0.05) is 43.8 Å². The summed E-state index contributed by atoms with van der Waals surface area (Å²) in [5.74, 6) is 1.57. The van der Waals surface area contributed by atoms with Crippen molar-refractivity contribution in [1.29, 1.82) is 0 Å². The number of hydrogen-bond donors (Lipinski definition) is 2. The molecule has 5 heterocycles. The molecule has 0 fully saturated rings. The second kappa shape index (κ2) is 10.7. The van der Waals surface area contributed by atoms with Crippen LogP contribution in [0.15, 0.2) is 49.1 Å². The number of methoxy groups -OCH3 is 1. The van der Waals surface area contributed by atoms with Crippen LogP contribution in [0.25, 0.3) is 33.5 Å². The van der Waals surface area contributed by atoms with Crippen LogP contribution in [0.1, 0.15) is 6.42 Å². The summed E-state index contributed by atoms with van der Waals surface area (Å²) in [4.78, 5) is 23.8. The number of amides is 1. The minimum absolute atomic E-state index is 0.287. The zero-order valence-electron chi connectivity index (χ0n) is 22.4. The first-order valence-corrected chi connectivity index (χ1v) is 12.9. The van der Waals surface area contributed by atoms with Gasteiger partial charge in [0.05, 0.1) is 47.8 Å². The minimum Gasteiger partial charge on any atom is -0.494 e. The highest BCUT2D eigenvalue weighted by molar-refractivity contribution is 5.99. The van der Waals surface area contributed by atoms with Gasteiger partial charge in [0.15, 0.2) is 11.5 Å². The maximum Gasteiger partial charge on any atom is 0.412 e. The van der Waals surface area contributed by atoms with Gasteiger partial charge in [-0.3, -0.25) is 10.3 Å². The zero-order valence-corrected chi connectivity index (χ0v) is 22.4. The van der Waals surface area contributed by atoms with E-state index in [-0.39, 0.29) is 6.61 Å². The number of pyridine rings is 1. The summed E-state index contributed by atoms with van der Waals surface area (Å²) >= 11 is 0. The van der Waals surface area contributed by atoms with E-state index < -0.39 is 6.09 Å². The zero-order chi connectivity index (χ0) is 27.6. The molecule has 40 heavy (non-hydrogen) atoms. The van der Waals surface area contributed by atoms with Gasteiger partial charge in [-0.25, -0.2) is 19.0 Å². The molecule has 13 heteroatoms. The Hall–Kier alpha value is -4.91. The number of anilines is 2. The molecule has 1 aliphatic heterocycles. The fourth-order valence-electron chi connectivity index (χ4n) is 4.60. The van der Waals surface area contributed by atoms with E-state index in [0.29, 0.717) is 64.8 Å². The Morgan fingerprint density at radius 3 is 2.98 bits per heavy atom. The third-order valence-electron chi connectivity index (χ3n) is 6.51. The molecule has 0 saturated carbocycles. The van der Waals surface area contributed by atoms with Crippen LogP contribution in [0.3, 0.4) is 0 Å². The fraction of sp³-hybridized carbons (Fsp3) is 0.296. The Morgan fingerprint density at radius 2 is 2.12 bits per heavy atom. The maximum atomic E-state index is 12.7. The van der Waals surface area contributed by atoms with E-state index in [9.17, 15) is 4.79 Å². The monoisotopic (exact) mass is 543 g/mol. The molecule has 2 N–H and O–H groups in total. The molecule has 0 atom stereocenters. The molecule has 13 nitrogen and oxygen atoms in total. The lowest BCUT2D eigenvalue weighted by Gasteiger charge is -2.21. The normalized spacial score (nSPS) is 12.7. The van der Waals surface area contributed by atoms with Gasteiger partial charge in [-0.15, -0.1) is 5.10 Å². The van der Waals surface area contributed by atoms with Gasteiger partial charge in [-0.05, 0) is 32.6 Å². The van der Waals surface area contributed by atoms with Gasteiger partial charge in [0.2, 0.25) is 0 Å². The predicted octanol–water partition coefficient (Wildman–Crippen LogP) is 3.44. The number of carbonyl (C=O) groups excluding carboxylic acids is 1. The Balaban J connectivity index is 1.44. The van der Waals surface area contributed by atoms with Crippen molar-refractivity contribution in [3.8, 4) is 28.4 Å². The molecule has 206 valence electrons. The molecule has 0 saturated heterocycles. The van der Waals surface area contributed by atoms with Gasteiger partial charge in [0.25, 0.3) is 0 Å². The Kier molecular flexibility index (Phi) is 6.78. The maximum absolute atomic E-state index is 12.7. The van der Waals surface area contributed by atoms with Gasteiger partial charge in [-0.1, -0.05) is 0 Å². The largest absolute Gasteiger partial charge is 0.494 e. The summed E-state index contributed by atoms with van der Waals surface area (Å²) in [6, 6.07) is 7.44. The van der Waals surface area contributed by atoms with Crippen molar-refractivity contribution in [2.75, 3.05) is 58.1 Å². The van der Waals surface area contributed by atoms with E-state index in [1.54, 1.807) is 34.9 Å². The molecule has 0 radical (unpaired) electrons. The standard InChI is InChI=1S/C27H29N9O4/c1-34(2)8-5-10-40-27(37)32-25-18-15-30-19(17-16-31-35-9-4-6-29-26(17)35)12-21(18)36(33-25)22-14-23-20(13-24(22)38-3)28-7-11-39-23/h4,6,9,12-16,28H,5,7-8,10-11H2,1-3H3,(H,32,33,37). The average molecular weight is 544 g/mol. The molecule has 0 unspecified atom stereocenters. The number of hydrogen-bond acceptors (Lipinski definition) is 10. The first-order chi connectivity index (χ1) is 19.5. The molecule has 0 bridgehead atoms. The van der Waals surface area contributed by atoms with E-state index in [1.807, 2.05) is 49.5 Å². The van der Waals surface area contributed by atoms with Crippen LogP contribution in [-0.4, -0.2) is 87.9 Å². The Bertz CT molecular complexity index is 1690. The molecule has 1 aliphatic rings. The van der Waals surface area contributed by atoms with Crippen molar-refractivity contribution >= 4 is 34.1 Å². The Morgan fingerprint density at radius 1 is 1.23 bits per heavy atom. The van der Waals surface area contributed by atoms with E-state index in [4.69, 9.17) is 19.3 Å². The van der Waals surface area contributed by atoms with E-state index in [2.05, 4.69) is 25.7 Å². The van der Waals surface area contributed by atoms with Gasteiger partial charge >= 0.3 is 6.09 Å². The van der Waals surface area contributed by atoms with Gasteiger partial charge < -0.3 is 24.4 Å². The molecule has 0 spiro atoms. The summed E-state index contributed by atoms with van der Waals surface area (Å²) in [6.45, 7) is 2.34. The smallest absolute Gasteiger partial charge is 0.412 e. The van der Waals surface area contributed by atoms with Crippen LogP contribution in [0, 0.1) is 0 Å². The van der Waals surface area contributed by atoms with Crippen LogP contribution in [0.4, 0.5) is 16.3 Å². The highest BCUT2D eigenvalue weighted by Crippen LogP contribution is 2.39. The lowest BCUT2D eigenvalue weighted by molar-refractivity contribution is 0.156. The summed E-state index contributed by atoms with van der Waals surface area (Å²) in [7, 11) is 5.54. The van der Waals surface area contributed by atoms with Crippen molar-refractivity contribution in [3.63, 3.8) is 0 Å². The fourth-order valence-corrected chi connectivity index (χ4v) is 4.60. The number of nitrogens with one attached hydrogen (secondary N) is 2. The highest BCUT2D eigenvalue weighted by Gasteiger charge is 2.22. The number of nitrogens with zero attached hydrogens (tertiary/aromatic N) is 7. The van der Waals surface area contributed by atoms with Gasteiger partial charge in [0.1, 0.15) is 23.8 Å². The SMILES string of the molecule is COc1cc2c(cc1-n1nc(NC(=O)OCCCN(C)C)c3cnc(-c4cnn5cccnc45)cc31)OCCN2. The number of carbonyl (C=O) groups is 1. The summed E-state index contributed by atoms with van der Waals surface area (Å²) < 4.78 is 20.4. The second-order valence-electron chi connectivity index (χ2n) is 9.51. The van der Waals surface area contributed by atoms with Crippen molar-refractivity contribution in [3.05, 3.63) is 49.1 Å². The van der Waals surface area contributed by atoms with E-state index >= 15 is 0 Å². The van der Waals surface area contributed by atoms with Crippen LogP contribution in [0.2, 0.25) is 0 Å². The summed E-state index contributed by atoms with van der Waals surface area (Å²) in [5.41, 5.74) is 4.24. The molecular formula is C27H29N9O4. The second-order valence-corrected chi connectivity index (χ2v) is 9.51. The lowest BCUT2D eigenvalue weighted by Crippen LogP contribution is -2.19. The molecule has 0 aliphatic carbocycles. The highest BCUT2D eigenvalue weighted by atomic mass is 16.5. The minimum atomic E-state index is -0.592. The molecule has 5 aromatic rings. The molecule has 4 aromatic heterocycles. The quantitative estimate of drug-likeness (QED) is 0.280. The van der Waals surface area contributed by atoms with Crippen LogP contribution in [0.5, 0.6) is 11.5 Å². The van der Waals surface area contributed by atoms with E-state index in [0.717, 1.165) is 17.8 Å². The number of ether oxygens (including phenoxy) is 3. The summed E-state index contributed by atoms with van der Waals surface area (Å²) in [6.07, 6.45) is 7.06.